The normalized spacial score (nSPS) is 11.5. The van der Waals surface area contributed by atoms with E-state index in [-0.39, 0.29) is 77.7 Å². The van der Waals surface area contributed by atoms with Crippen LogP contribution in [0.3, 0.4) is 0 Å². The van der Waals surface area contributed by atoms with Crippen LogP contribution in [-0.4, -0.2) is 52.4 Å². The van der Waals surface area contributed by atoms with Crippen molar-refractivity contribution in [2.45, 2.75) is 20.8 Å². The van der Waals surface area contributed by atoms with Gasteiger partial charge in [0, 0.05) is 17.2 Å². The first-order valence-corrected chi connectivity index (χ1v) is 13.7. The number of halogens is 2. The first kappa shape index (κ1) is 32.8. The van der Waals surface area contributed by atoms with Crippen LogP contribution in [0.4, 0.5) is 0 Å². The molecule has 0 radical (unpaired) electrons. The molecule has 0 amide bonds. The third kappa shape index (κ3) is 5.87. The number of methoxy groups -OCH3 is 2. The van der Waals surface area contributed by atoms with Gasteiger partial charge in [-0.2, -0.15) is 0 Å². The molecule has 11 nitrogen and oxygen atoms in total. The molecule has 1 heterocycles. The van der Waals surface area contributed by atoms with Gasteiger partial charge in [0.1, 0.15) is 39.1 Å². The molecule has 0 bridgehead atoms. The summed E-state index contributed by atoms with van der Waals surface area (Å²) in [5.41, 5.74) is 0.538. The topological polar surface area (TPSA) is 169 Å². The molecule has 234 valence electrons. The Bertz CT molecular complexity index is 1880. The van der Waals surface area contributed by atoms with Gasteiger partial charge in [-0.3, -0.25) is 4.79 Å². The molecule has 4 aromatic rings. The van der Waals surface area contributed by atoms with E-state index in [1.165, 1.54) is 59.3 Å². The number of esters is 2. The zero-order valence-electron chi connectivity index (χ0n) is 24.4. The summed E-state index contributed by atoms with van der Waals surface area (Å²) in [4.78, 5) is 36.9. The molecule has 0 unspecified atom stereocenters. The summed E-state index contributed by atoms with van der Waals surface area (Å²) >= 11 is 12.2. The Hall–Kier alpha value is -5.13. The maximum absolute atomic E-state index is 12.7. The summed E-state index contributed by atoms with van der Waals surface area (Å²) in [7, 11) is 2.64. The van der Waals surface area contributed by atoms with Gasteiger partial charge in [0.2, 0.25) is 0 Å². The van der Waals surface area contributed by atoms with Crippen LogP contribution in [0.15, 0.2) is 42.5 Å². The van der Waals surface area contributed by atoms with Crippen molar-refractivity contribution in [1.82, 2.24) is 0 Å². The number of hydrogen-bond acceptors (Lipinski definition) is 11. The van der Waals surface area contributed by atoms with E-state index in [0.29, 0.717) is 5.75 Å². The summed E-state index contributed by atoms with van der Waals surface area (Å²) in [5.74, 6) is -3.00. The molecule has 1 aliphatic heterocycles. The molecule has 5 rings (SSSR count). The van der Waals surface area contributed by atoms with E-state index >= 15 is 0 Å². The lowest BCUT2D eigenvalue weighted by Gasteiger charge is -2.17. The minimum absolute atomic E-state index is 0.0131. The Morgan fingerprint density at radius 1 is 0.733 bits per heavy atom. The summed E-state index contributed by atoms with van der Waals surface area (Å²) in [5, 5.41) is 39.5. The lowest BCUT2D eigenvalue weighted by Crippen LogP contribution is -2.11. The predicted octanol–water partition coefficient (Wildman–Crippen LogP) is 6.78. The number of rotatable bonds is 4. The number of benzene rings is 4. The Kier molecular flexibility index (Phi) is 9.36. The summed E-state index contributed by atoms with van der Waals surface area (Å²) in [6.45, 7) is 4.43. The second kappa shape index (κ2) is 12.8. The molecule has 0 saturated heterocycles. The Morgan fingerprint density at radius 2 is 1.36 bits per heavy atom. The Balaban J connectivity index is 0.000000222. The monoisotopic (exact) mass is 656 g/mol. The highest BCUT2D eigenvalue weighted by atomic mass is 35.5. The quantitative estimate of drug-likeness (QED) is 0.104. The molecule has 1 aliphatic rings. The third-order valence-corrected chi connectivity index (χ3v) is 7.80. The van der Waals surface area contributed by atoms with Crippen molar-refractivity contribution in [2.75, 3.05) is 14.2 Å². The van der Waals surface area contributed by atoms with Crippen molar-refractivity contribution in [1.29, 1.82) is 0 Å². The van der Waals surface area contributed by atoms with Crippen LogP contribution in [0.1, 0.15) is 53.3 Å². The molecule has 4 N–H and O–H groups in total. The highest BCUT2D eigenvalue weighted by Crippen LogP contribution is 2.52. The van der Waals surface area contributed by atoms with Gasteiger partial charge in [-0.25, -0.2) is 9.59 Å². The van der Waals surface area contributed by atoms with E-state index in [0.717, 1.165) is 0 Å². The van der Waals surface area contributed by atoms with Gasteiger partial charge >= 0.3 is 11.9 Å². The van der Waals surface area contributed by atoms with Crippen molar-refractivity contribution in [3.05, 3.63) is 91.5 Å². The molecule has 0 saturated carbocycles. The smallest absolute Gasteiger partial charge is 0.347 e. The van der Waals surface area contributed by atoms with Crippen LogP contribution in [0.5, 0.6) is 46.0 Å². The Morgan fingerprint density at radius 3 is 1.96 bits per heavy atom. The first-order valence-electron chi connectivity index (χ1n) is 13.0. The number of carbonyl (C=O) groups is 3. The van der Waals surface area contributed by atoms with Gasteiger partial charge in [-0.05, 0) is 50.6 Å². The van der Waals surface area contributed by atoms with E-state index in [9.17, 15) is 34.8 Å². The van der Waals surface area contributed by atoms with E-state index in [4.69, 9.17) is 42.1 Å². The number of ether oxygens (including phenoxy) is 4. The second-order valence-corrected chi connectivity index (χ2v) is 10.4. The van der Waals surface area contributed by atoms with Gasteiger partial charge in [-0.15, -0.1) is 0 Å². The minimum Gasteiger partial charge on any atom is -0.507 e. The number of phenols is 4. The van der Waals surface area contributed by atoms with Crippen molar-refractivity contribution in [3.8, 4) is 46.0 Å². The summed E-state index contributed by atoms with van der Waals surface area (Å²) in [6.07, 6.45) is 0. The van der Waals surface area contributed by atoms with E-state index in [1.54, 1.807) is 18.2 Å². The van der Waals surface area contributed by atoms with Gasteiger partial charge in [0.25, 0.3) is 0 Å². The number of fused-ring (bicyclic) bond motifs is 2. The molecule has 0 spiro atoms. The lowest BCUT2D eigenvalue weighted by molar-refractivity contribution is 0.0595. The van der Waals surface area contributed by atoms with E-state index < -0.39 is 29.2 Å². The first-order chi connectivity index (χ1) is 21.2. The summed E-state index contributed by atoms with van der Waals surface area (Å²) < 4.78 is 20.8. The number of ketones is 1. The number of para-hydroxylation sites is 1. The highest BCUT2D eigenvalue weighted by molar-refractivity contribution is 6.39. The molecule has 0 fully saturated rings. The van der Waals surface area contributed by atoms with Gasteiger partial charge < -0.3 is 39.4 Å². The summed E-state index contributed by atoms with van der Waals surface area (Å²) in [6, 6.07) is 10.6. The van der Waals surface area contributed by atoms with Crippen molar-refractivity contribution in [2.24, 2.45) is 0 Å². The molecule has 45 heavy (non-hydrogen) atoms. The zero-order chi connectivity index (χ0) is 33.3. The fraction of sp³-hybridized carbons (Fsp3) is 0.156. The number of hydrogen-bond donors (Lipinski definition) is 4. The van der Waals surface area contributed by atoms with Crippen LogP contribution in [-0.2, 0) is 4.74 Å². The SMILES string of the molecule is COC(=O)c1c(C)c2c(c(C)c1O)OC(=O)c1c(C)c(Cl)c(O)c(Cl)c1O2.COc1ccc(C(=O)c2ccccc2O)c(O)c1. The van der Waals surface area contributed by atoms with Gasteiger partial charge in [-0.1, -0.05) is 35.3 Å². The molecule has 13 heteroatoms. The van der Waals surface area contributed by atoms with Crippen LogP contribution in [0.25, 0.3) is 0 Å². The Labute approximate surface area is 266 Å². The molecule has 0 aliphatic carbocycles. The minimum atomic E-state index is -0.835. The average Bonchev–Trinajstić information content (AvgIpc) is 3.18. The largest absolute Gasteiger partial charge is 0.507 e. The number of carbonyl (C=O) groups excluding carboxylic acids is 3. The maximum atomic E-state index is 12.7. The van der Waals surface area contributed by atoms with Crippen LogP contribution < -0.4 is 14.2 Å². The number of aromatic hydroxyl groups is 4. The number of phenolic OH excluding ortho intramolecular Hbond substituents is 4. The van der Waals surface area contributed by atoms with Gasteiger partial charge in [0.15, 0.2) is 28.8 Å². The molecular formula is C32H26Cl2O11. The highest BCUT2D eigenvalue weighted by Gasteiger charge is 2.35. The lowest BCUT2D eigenvalue weighted by atomic mass is 10.0. The molecular weight excluding hydrogens is 631 g/mol. The zero-order valence-corrected chi connectivity index (χ0v) is 26.0. The standard InChI is InChI=1S/C18H14Cl2O7.C14H12O4/c1-5-9-16(11(20)13(22)10(5)19)26-14-6(2)8(17(23)25-4)12(21)7(3)15(14)27-18(9)24;1-18-9-6-7-11(13(16)8-9)14(17)10-4-2-3-5-12(10)15/h21-22H,1-4H3;2-8,15-16H,1H3. The van der Waals surface area contributed by atoms with E-state index in [1.807, 2.05) is 0 Å². The predicted molar refractivity (Wildman–Crippen MR) is 163 cm³/mol. The average molecular weight is 657 g/mol. The van der Waals surface area contributed by atoms with Crippen LogP contribution >= 0.6 is 23.2 Å². The molecule has 0 atom stereocenters. The maximum Gasteiger partial charge on any atom is 0.347 e. The fourth-order valence-corrected chi connectivity index (χ4v) is 4.99. The molecule has 4 aromatic carbocycles. The van der Waals surface area contributed by atoms with Crippen molar-refractivity contribution in [3.63, 3.8) is 0 Å². The second-order valence-electron chi connectivity index (χ2n) is 9.65. The van der Waals surface area contributed by atoms with Crippen molar-refractivity contribution >= 4 is 40.9 Å². The van der Waals surface area contributed by atoms with Crippen LogP contribution in [0.2, 0.25) is 10.0 Å². The van der Waals surface area contributed by atoms with E-state index in [2.05, 4.69) is 0 Å². The van der Waals surface area contributed by atoms with Gasteiger partial charge in [0.05, 0.1) is 30.4 Å². The van der Waals surface area contributed by atoms with Crippen molar-refractivity contribution < 1.29 is 53.8 Å². The fourth-order valence-electron chi connectivity index (χ4n) is 4.52. The van der Waals surface area contributed by atoms with Crippen LogP contribution in [0, 0.1) is 20.8 Å². The third-order valence-electron chi connectivity index (χ3n) is 6.99. The molecule has 0 aromatic heterocycles.